The second-order valence-electron chi connectivity index (χ2n) is 4.56. The summed E-state index contributed by atoms with van der Waals surface area (Å²) < 4.78 is 0. The maximum atomic E-state index is 9.49. The number of rotatable bonds is 4. The Morgan fingerprint density at radius 1 is 1.37 bits per heavy atom. The lowest BCUT2D eigenvalue weighted by atomic mass is 10.1. The van der Waals surface area contributed by atoms with Gasteiger partial charge in [0.2, 0.25) is 0 Å². The Bertz CT molecular complexity index is 569. The number of nitrogens with zero attached hydrogens (tertiary/aromatic N) is 2. The summed E-state index contributed by atoms with van der Waals surface area (Å²) >= 11 is 0. The van der Waals surface area contributed by atoms with E-state index in [1.165, 1.54) is 0 Å². The van der Waals surface area contributed by atoms with Crippen molar-refractivity contribution in [1.82, 2.24) is 15.3 Å². The third-order valence-corrected chi connectivity index (χ3v) is 3.10. The van der Waals surface area contributed by atoms with Gasteiger partial charge in [0.25, 0.3) is 0 Å². The molecule has 2 aromatic rings. The molecule has 1 heterocycles. The first-order valence-corrected chi connectivity index (χ1v) is 6.48. The summed E-state index contributed by atoms with van der Waals surface area (Å²) in [6, 6.07) is 7.23. The maximum absolute atomic E-state index is 9.49. The van der Waals surface area contributed by atoms with E-state index in [-0.39, 0.29) is 11.8 Å². The van der Waals surface area contributed by atoms with Gasteiger partial charge in [0.15, 0.2) is 5.82 Å². The summed E-state index contributed by atoms with van der Waals surface area (Å²) in [5.74, 6) is 0.865. The molecule has 0 aliphatic heterocycles. The van der Waals surface area contributed by atoms with Crippen molar-refractivity contribution in [1.29, 1.82) is 0 Å². The molecule has 4 nitrogen and oxygen atoms in total. The zero-order valence-electron chi connectivity index (χ0n) is 11.5. The van der Waals surface area contributed by atoms with Crippen LogP contribution in [0.4, 0.5) is 0 Å². The van der Waals surface area contributed by atoms with Crippen LogP contribution < -0.4 is 5.32 Å². The predicted molar refractivity (Wildman–Crippen MR) is 76.0 cm³/mol. The number of benzene rings is 1. The lowest BCUT2D eigenvalue weighted by molar-refractivity contribution is 0.475. The summed E-state index contributed by atoms with van der Waals surface area (Å²) in [6.45, 7) is 7.07. The fourth-order valence-corrected chi connectivity index (χ4v) is 2.10. The third-order valence-electron chi connectivity index (χ3n) is 3.10. The maximum Gasteiger partial charge on any atom is 0.159 e. The topological polar surface area (TPSA) is 58.0 Å². The van der Waals surface area contributed by atoms with Crippen molar-refractivity contribution in [3.8, 4) is 17.1 Å². The van der Waals surface area contributed by atoms with Gasteiger partial charge in [-0.25, -0.2) is 9.97 Å². The van der Waals surface area contributed by atoms with Crippen LogP contribution in [0.1, 0.15) is 31.1 Å². The molecule has 0 radical (unpaired) electrons. The number of aromatic hydroxyl groups is 1. The molecule has 0 saturated carbocycles. The molecule has 1 atom stereocenters. The standard InChI is InChI=1S/C15H19N3O/c1-4-16-10(2)14-9-17-15(18-11(14)3)12-6-5-7-13(19)8-12/h5-10,16,19H,4H2,1-3H3. The quantitative estimate of drug-likeness (QED) is 0.884. The van der Waals surface area contributed by atoms with Crippen LogP contribution in [0, 0.1) is 6.92 Å². The molecule has 1 aromatic carbocycles. The molecule has 0 aliphatic carbocycles. The molecule has 1 unspecified atom stereocenters. The van der Waals surface area contributed by atoms with Gasteiger partial charge in [-0.15, -0.1) is 0 Å². The highest BCUT2D eigenvalue weighted by Gasteiger charge is 2.11. The van der Waals surface area contributed by atoms with Gasteiger partial charge < -0.3 is 10.4 Å². The van der Waals surface area contributed by atoms with Crippen molar-refractivity contribution in [2.45, 2.75) is 26.8 Å². The van der Waals surface area contributed by atoms with Crippen molar-refractivity contribution in [2.75, 3.05) is 6.54 Å². The van der Waals surface area contributed by atoms with E-state index in [2.05, 4.69) is 29.1 Å². The predicted octanol–water partition coefficient (Wildman–Crippen LogP) is 2.83. The minimum absolute atomic E-state index is 0.226. The van der Waals surface area contributed by atoms with Gasteiger partial charge in [0, 0.05) is 29.1 Å². The van der Waals surface area contributed by atoms with E-state index in [1.807, 2.05) is 19.2 Å². The van der Waals surface area contributed by atoms with E-state index < -0.39 is 0 Å². The molecule has 19 heavy (non-hydrogen) atoms. The first-order chi connectivity index (χ1) is 9.11. The Kier molecular flexibility index (Phi) is 4.12. The fraction of sp³-hybridized carbons (Fsp3) is 0.333. The van der Waals surface area contributed by atoms with Crippen LogP contribution in [-0.2, 0) is 0 Å². The van der Waals surface area contributed by atoms with E-state index in [4.69, 9.17) is 0 Å². The van der Waals surface area contributed by atoms with Crippen LogP contribution >= 0.6 is 0 Å². The van der Waals surface area contributed by atoms with Crippen molar-refractivity contribution in [3.63, 3.8) is 0 Å². The molecule has 1 aromatic heterocycles. The van der Waals surface area contributed by atoms with Gasteiger partial charge in [-0.05, 0) is 32.5 Å². The molecule has 0 bridgehead atoms. The highest BCUT2D eigenvalue weighted by molar-refractivity contribution is 5.57. The first-order valence-electron chi connectivity index (χ1n) is 6.48. The normalized spacial score (nSPS) is 12.4. The zero-order chi connectivity index (χ0) is 13.8. The smallest absolute Gasteiger partial charge is 0.159 e. The third kappa shape index (κ3) is 3.09. The van der Waals surface area contributed by atoms with E-state index in [9.17, 15) is 5.11 Å². The minimum atomic E-state index is 0.226. The lowest BCUT2D eigenvalue weighted by Crippen LogP contribution is -2.19. The fourth-order valence-electron chi connectivity index (χ4n) is 2.10. The summed E-state index contributed by atoms with van der Waals surface area (Å²) in [6.07, 6.45) is 1.86. The summed E-state index contributed by atoms with van der Waals surface area (Å²) in [5, 5.41) is 12.8. The molecular formula is C15H19N3O. The molecule has 100 valence electrons. The Morgan fingerprint density at radius 3 is 2.79 bits per heavy atom. The molecule has 0 spiro atoms. The molecule has 0 fully saturated rings. The first kappa shape index (κ1) is 13.5. The number of phenolic OH excluding ortho intramolecular Hbond substituents is 1. The molecule has 0 aliphatic rings. The van der Waals surface area contributed by atoms with Gasteiger partial charge in [-0.3, -0.25) is 0 Å². The minimum Gasteiger partial charge on any atom is -0.508 e. The van der Waals surface area contributed by atoms with Gasteiger partial charge in [0.05, 0.1) is 0 Å². The van der Waals surface area contributed by atoms with Crippen LogP contribution in [0.25, 0.3) is 11.4 Å². The number of aryl methyl sites for hydroxylation is 1. The molecule has 2 rings (SSSR count). The largest absolute Gasteiger partial charge is 0.508 e. The van der Waals surface area contributed by atoms with Gasteiger partial charge in [-0.1, -0.05) is 19.1 Å². The van der Waals surface area contributed by atoms with Crippen molar-refractivity contribution < 1.29 is 5.11 Å². The number of hydrogen-bond donors (Lipinski definition) is 2. The highest BCUT2D eigenvalue weighted by atomic mass is 16.3. The van der Waals surface area contributed by atoms with Crippen molar-refractivity contribution in [3.05, 3.63) is 41.7 Å². The molecule has 4 heteroatoms. The van der Waals surface area contributed by atoms with Crippen LogP contribution in [0.3, 0.4) is 0 Å². The average molecular weight is 257 g/mol. The SMILES string of the molecule is CCNC(C)c1cnc(-c2cccc(O)c2)nc1C. The van der Waals surface area contributed by atoms with E-state index in [1.54, 1.807) is 18.2 Å². The van der Waals surface area contributed by atoms with E-state index in [0.717, 1.165) is 23.4 Å². The molecule has 0 amide bonds. The second kappa shape index (κ2) is 5.80. The molecule has 2 N–H and O–H groups in total. The van der Waals surface area contributed by atoms with Gasteiger partial charge >= 0.3 is 0 Å². The summed E-state index contributed by atoms with van der Waals surface area (Å²) in [5.41, 5.74) is 2.89. The lowest BCUT2D eigenvalue weighted by Gasteiger charge is -2.15. The van der Waals surface area contributed by atoms with E-state index >= 15 is 0 Å². The Morgan fingerprint density at radius 2 is 2.16 bits per heavy atom. The van der Waals surface area contributed by atoms with Crippen molar-refractivity contribution in [2.24, 2.45) is 0 Å². The number of nitrogens with one attached hydrogen (secondary N) is 1. The van der Waals surface area contributed by atoms with Gasteiger partial charge in [0.1, 0.15) is 5.75 Å². The van der Waals surface area contributed by atoms with Crippen LogP contribution in [0.5, 0.6) is 5.75 Å². The Hall–Kier alpha value is -1.94. The average Bonchev–Trinajstić information content (AvgIpc) is 2.38. The molecule has 0 saturated heterocycles. The Labute approximate surface area is 113 Å². The highest BCUT2D eigenvalue weighted by Crippen LogP contribution is 2.22. The van der Waals surface area contributed by atoms with Crippen LogP contribution in [0.2, 0.25) is 0 Å². The van der Waals surface area contributed by atoms with Crippen LogP contribution in [-0.4, -0.2) is 21.6 Å². The number of hydrogen-bond acceptors (Lipinski definition) is 4. The second-order valence-corrected chi connectivity index (χ2v) is 4.56. The van der Waals surface area contributed by atoms with Crippen LogP contribution in [0.15, 0.2) is 30.5 Å². The number of aromatic nitrogens is 2. The van der Waals surface area contributed by atoms with Crippen molar-refractivity contribution >= 4 is 0 Å². The Balaban J connectivity index is 2.33. The number of phenols is 1. The monoisotopic (exact) mass is 257 g/mol. The van der Waals surface area contributed by atoms with E-state index in [0.29, 0.717) is 5.82 Å². The summed E-state index contributed by atoms with van der Waals surface area (Å²) in [4.78, 5) is 8.92. The molecular weight excluding hydrogens is 238 g/mol. The zero-order valence-corrected chi connectivity index (χ0v) is 11.5. The summed E-state index contributed by atoms with van der Waals surface area (Å²) in [7, 11) is 0. The van der Waals surface area contributed by atoms with Gasteiger partial charge in [-0.2, -0.15) is 0 Å².